The summed E-state index contributed by atoms with van der Waals surface area (Å²) in [7, 11) is 0. The Morgan fingerprint density at radius 1 is 0.955 bits per heavy atom. The molecule has 0 fully saturated rings. The fourth-order valence-corrected chi connectivity index (χ4v) is 2.33. The van der Waals surface area contributed by atoms with Gasteiger partial charge < -0.3 is 10.1 Å². The standard InChI is InChI=1S/C20H27NO/c1-3-4-5-13-21-15-19-7-6-8-20(14-19)22-16-18-11-9-17(2)10-12-18/h6-12,14,21H,3-5,13,15-16H2,1-2H3. The quantitative estimate of drug-likeness (QED) is 0.668. The second kappa shape index (κ2) is 9.26. The van der Waals surface area contributed by atoms with Crippen molar-refractivity contribution in [1.29, 1.82) is 0 Å². The van der Waals surface area contributed by atoms with Gasteiger partial charge in [0, 0.05) is 6.54 Å². The summed E-state index contributed by atoms with van der Waals surface area (Å²) in [5, 5.41) is 3.49. The summed E-state index contributed by atoms with van der Waals surface area (Å²) in [6.45, 7) is 6.94. The van der Waals surface area contributed by atoms with Crippen molar-refractivity contribution in [1.82, 2.24) is 5.32 Å². The maximum absolute atomic E-state index is 5.89. The molecule has 2 heteroatoms. The Morgan fingerprint density at radius 3 is 2.55 bits per heavy atom. The highest BCUT2D eigenvalue weighted by Crippen LogP contribution is 2.15. The summed E-state index contributed by atoms with van der Waals surface area (Å²) in [5.41, 5.74) is 3.76. The summed E-state index contributed by atoms with van der Waals surface area (Å²) in [5.74, 6) is 0.938. The number of benzene rings is 2. The predicted molar refractivity (Wildman–Crippen MR) is 93.2 cm³/mol. The van der Waals surface area contributed by atoms with Crippen molar-refractivity contribution in [3.05, 3.63) is 65.2 Å². The van der Waals surface area contributed by atoms with E-state index in [4.69, 9.17) is 4.74 Å². The van der Waals surface area contributed by atoms with Crippen molar-refractivity contribution >= 4 is 0 Å². The van der Waals surface area contributed by atoms with Crippen LogP contribution in [0.15, 0.2) is 48.5 Å². The number of hydrogen-bond acceptors (Lipinski definition) is 2. The molecule has 0 saturated carbocycles. The molecule has 0 atom stereocenters. The van der Waals surface area contributed by atoms with Crippen molar-refractivity contribution in [2.24, 2.45) is 0 Å². The number of aryl methyl sites for hydroxylation is 1. The van der Waals surface area contributed by atoms with Crippen LogP contribution in [0.1, 0.15) is 42.9 Å². The second-order valence-corrected chi connectivity index (χ2v) is 5.81. The van der Waals surface area contributed by atoms with Crippen molar-refractivity contribution in [2.45, 2.75) is 46.3 Å². The SMILES string of the molecule is CCCCCNCc1cccc(OCc2ccc(C)cc2)c1. The Labute approximate surface area is 134 Å². The molecule has 118 valence electrons. The zero-order chi connectivity index (χ0) is 15.6. The van der Waals surface area contributed by atoms with Crippen molar-refractivity contribution in [3.8, 4) is 5.75 Å². The van der Waals surface area contributed by atoms with Gasteiger partial charge in [-0.05, 0) is 43.1 Å². The van der Waals surface area contributed by atoms with Crippen LogP contribution >= 0.6 is 0 Å². The van der Waals surface area contributed by atoms with E-state index in [9.17, 15) is 0 Å². The first-order valence-electron chi connectivity index (χ1n) is 8.26. The zero-order valence-corrected chi connectivity index (χ0v) is 13.8. The van der Waals surface area contributed by atoms with Crippen molar-refractivity contribution < 1.29 is 4.74 Å². The Hall–Kier alpha value is -1.80. The highest BCUT2D eigenvalue weighted by Gasteiger charge is 1.99. The van der Waals surface area contributed by atoms with Gasteiger partial charge in [0.25, 0.3) is 0 Å². The monoisotopic (exact) mass is 297 g/mol. The van der Waals surface area contributed by atoms with E-state index in [1.807, 2.05) is 6.07 Å². The van der Waals surface area contributed by atoms with Crippen LogP contribution in [0.5, 0.6) is 5.75 Å². The molecule has 22 heavy (non-hydrogen) atoms. The molecule has 0 aliphatic carbocycles. The molecule has 2 aromatic rings. The topological polar surface area (TPSA) is 21.3 Å². The van der Waals surface area contributed by atoms with E-state index < -0.39 is 0 Å². The Kier molecular flexibility index (Phi) is 6.98. The molecule has 0 heterocycles. The first-order valence-corrected chi connectivity index (χ1v) is 8.26. The summed E-state index contributed by atoms with van der Waals surface area (Å²) >= 11 is 0. The van der Waals surface area contributed by atoms with Crippen LogP contribution < -0.4 is 10.1 Å². The van der Waals surface area contributed by atoms with Gasteiger partial charge in [0.2, 0.25) is 0 Å². The molecular weight excluding hydrogens is 270 g/mol. The van der Waals surface area contributed by atoms with E-state index in [0.717, 1.165) is 18.8 Å². The van der Waals surface area contributed by atoms with Crippen molar-refractivity contribution in [2.75, 3.05) is 6.54 Å². The van der Waals surface area contributed by atoms with Gasteiger partial charge in [0.1, 0.15) is 12.4 Å². The minimum Gasteiger partial charge on any atom is -0.489 e. The van der Waals surface area contributed by atoms with Gasteiger partial charge in [-0.2, -0.15) is 0 Å². The first kappa shape index (κ1) is 16.6. The Morgan fingerprint density at radius 2 is 1.77 bits per heavy atom. The lowest BCUT2D eigenvalue weighted by Gasteiger charge is -2.09. The Bertz CT molecular complexity index is 548. The van der Waals surface area contributed by atoms with Crippen LogP contribution in [-0.2, 0) is 13.2 Å². The van der Waals surface area contributed by atoms with E-state index in [2.05, 4.69) is 61.6 Å². The molecule has 0 aliphatic rings. The average Bonchev–Trinajstić information content (AvgIpc) is 2.55. The molecule has 0 bridgehead atoms. The number of ether oxygens (including phenoxy) is 1. The summed E-state index contributed by atoms with van der Waals surface area (Å²) in [4.78, 5) is 0. The summed E-state index contributed by atoms with van der Waals surface area (Å²) < 4.78 is 5.89. The molecule has 2 rings (SSSR count). The van der Waals surface area contributed by atoms with Gasteiger partial charge in [-0.25, -0.2) is 0 Å². The van der Waals surface area contributed by atoms with Crippen LogP contribution in [0.3, 0.4) is 0 Å². The normalized spacial score (nSPS) is 10.6. The first-order chi connectivity index (χ1) is 10.8. The third-order valence-corrected chi connectivity index (χ3v) is 3.71. The molecule has 0 saturated heterocycles. The number of nitrogens with one attached hydrogen (secondary N) is 1. The van der Waals surface area contributed by atoms with Gasteiger partial charge in [-0.3, -0.25) is 0 Å². The van der Waals surface area contributed by atoms with Gasteiger partial charge in [0.15, 0.2) is 0 Å². The number of rotatable bonds is 9. The highest BCUT2D eigenvalue weighted by molar-refractivity contribution is 5.29. The Balaban J connectivity index is 1.79. The van der Waals surface area contributed by atoms with E-state index in [0.29, 0.717) is 6.61 Å². The molecular formula is C20H27NO. The molecule has 2 aromatic carbocycles. The van der Waals surface area contributed by atoms with E-state index >= 15 is 0 Å². The van der Waals surface area contributed by atoms with Crippen LogP contribution in [0.25, 0.3) is 0 Å². The molecule has 2 nitrogen and oxygen atoms in total. The molecule has 0 aromatic heterocycles. The predicted octanol–water partition coefficient (Wildman–Crippen LogP) is 4.85. The summed E-state index contributed by atoms with van der Waals surface area (Å²) in [6, 6.07) is 16.8. The van der Waals surface area contributed by atoms with Crippen LogP contribution in [-0.4, -0.2) is 6.54 Å². The fraction of sp³-hybridized carbons (Fsp3) is 0.400. The lowest BCUT2D eigenvalue weighted by Crippen LogP contribution is -2.14. The lowest BCUT2D eigenvalue weighted by atomic mass is 10.1. The van der Waals surface area contributed by atoms with E-state index in [-0.39, 0.29) is 0 Å². The molecule has 0 radical (unpaired) electrons. The zero-order valence-electron chi connectivity index (χ0n) is 13.8. The van der Waals surface area contributed by atoms with Crippen LogP contribution in [0.2, 0.25) is 0 Å². The molecule has 0 aliphatic heterocycles. The van der Waals surface area contributed by atoms with Crippen LogP contribution in [0.4, 0.5) is 0 Å². The van der Waals surface area contributed by atoms with E-state index in [1.165, 1.54) is 36.0 Å². The summed E-state index contributed by atoms with van der Waals surface area (Å²) in [6.07, 6.45) is 3.82. The van der Waals surface area contributed by atoms with Gasteiger partial charge >= 0.3 is 0 Å². The second-order valence-electron chi connectivity index (χ2n) is 5.81. The third kappa shape index (κ3) is 5.90. The van der Waals surface area contributed by atoms with Gasteiger partial charge in [-0.15, -0.1) is 0 Å². The van der Waals surface area contributed by atoms with E-state index in [1.54, 1.807) is 0 Å². The molecule has 0 unspecified atom stereocenters. The lowest BCUT2D eigenvalue weighted by molar-refractivity contribution is 0.306. The minimum absolute atomic E-state index is 0.619. The molecule has 1 N–H and O–H groups in total. The average molecular weight is 297 g/mol. The van der Waals surface area contributed by atoms with Gasteiger partial charge in [-0.1, -0.05) is 61.7 Å². The minimum atomic E-state index is 0.619. The number of hydrogen-bond donors (Lipinski definition) is 1. The van der Waals surface area contributed by atoms with Gasteiger partial charge in [0.05, 0.1) is 0 Å². The van der Waals surface area contributed by atoms with Crippen molar-refractivity contribution in [3.63, 3.8) is 0 Å². The highest BCUT2D eigenvalue weighted by atomic mass is 16.5. The maximum atomic E-state index is 5.89. The third-order valence-electron chi connectivity index (χ3n) is 3.71. The largest absolute Gasteiger partial charge is 0.489 e. The maximum Gasteiger partial charge on any atom is 0.120 e. The molecule has 0 amide bonds. The molecule has 0 spiro atoms. The smallest absolute Gasteiger partial charge is 0.120 e. The number of unbranched alkanes of at least 4 members (excludes halogenated alkanes) is 2. The fourth-order valence-electron chi connectivity index (χ4n) is 2.33. The van der Waals surface area contributed by atoms with Crippen LogP contribution in [0, 0.1) is 6.92 Å².